The van der Waals surface area contributed by atoms with Gasteiger partial charge in [-0.1, -0.05) is 18.2 Å². The van der Waals surface area contributed by atoms with Gasteiger partial charge in [-0.15, -0.1) is 0 Å². The summed E-state index contributed by atoms with van der Waals surface area (Å²) in [6.45, 7) is 1.97. The average Bonchev–Trinajstić information content (AvgIpc) is 2.26. The van der Waals surface area contributed by atoms with Crippen LogP contribution >= 0.6 is 0 Å². The van der Waals surface area contributed by atoms with Crippen LogP contribution in [-0.4, -0.2) is 11.3 Å². The third-order valence-corrected chi connectivity index (χ3v) is 2.22. The minimum Gasteiger partial charge on any atom is -0.299 e. The van der Waals surface area contributed by atoms with Crippen LogP contribution < -0.4 is 0 Å². The third kappa shape index (κ3) is 2.10. The maximum Gasteiger partial charge on any atom is 0.142 e. The molecule has 2 heteroatoms. The maximum atomic E-state index is 10.2. The number of nitrogens with zero attached hydrogens (tertiary/aromatic N) is 1. The first kappa shape index (κ1) is 9.59. The quantitative estimate of drug-likeness (QED) is 0.547. The Labute approximate surface area is 88.3 Å². The Bertz CT molecular complexity index is 529. The van der Waals surface area contributed by atoms with E-state index in [2.05, 4.69) is 4.98 Å². The number of carbonyl (C=O) groups is 1. The fourth-order valence-electron chi connectivity index (χ4n) is 1.50. The standard InChI is InChI=1S/C13H11NO/c1-10-4-6-12-9-11(3-2-8-15)5-7-13(12)14-10/h2-9H,1H3. The monoisotopic (exact) mass is 197 g/mol. The van der Waals surface area contributed by atoms with E-state index >= 15 is 0 Å². The van der Waals surface area contributed by atoms with Gasteiger partial charge in [0.15, 0.2) is 0 Å². The summed E-state index contributed by atoms with van der Waals surface area (Å²) in [7, 11) is 0. The smallest absolute Gasteiger partial charge is 0.142 e. The first-order valence-corrected chi connectivity index (χ1v) is 4.79. The summed E-state index contributed by atoms with van der Waals surface area (Å²) in [5.74, 6) is 0. The lowest BCUT2D eigenvalue weighted by Gasteiger charge is -1.99. The van der Waals surface area contributed by atoms with Crippen molar-refractivity contribution in [3.05, 3.63) is 47.7 Å². The highest BCUT2D eigenvalue weighted by atomic mass is 16.1. The van der Waals surface area contributed by atoms with Crippen LogP contribution in [0.25, 0.3) is 17.0 Å². The fraction of sp³-hybridized carbons (Fsp3) is 0.0769. The average molecular weight is 197 g/mol. The molecule has 0 radical (unpaired) electrons. The molecule has 0 aliphatic heterocycles. The summed E-state index contributed by atoms with van der Waals surface area (Å²) in [4.78, 5) is 14.6. The SMILES string of the molecule is Cc1ccc2cc(C=CC=O)ccc2n1. The van der Waals surface area contributed by atoms with Gasteiger partial charge in [-0.2, -0.15) is 0 Å². The molecule has 0 aliphatic rings. The molecular formula is C13H11NO. The molecule has 0 N–H and O–H groups in total. The number of pyridine rings is 1. The van der Waals surface area contributed by atoms with Gasteiger partial charge in [0, 0.05) is 11.1 Å². The van der Waals surface area contributed by atoms with Crippen molar-refractivity contribution in [3.63, 3.8) is 0 Å². The molecule has 74 valence electrons. The molecule has 0 fully saturated rings. The summed E-state index contributed by atoms with van der Waals surface area (Å²) >= 11 is 0. The predicted octanol–water partition coefficient (Wildman–Crippen LogP) is 2.76. The number of hydrogen-bond acceptors (Lipinski definition) is 2. The zero-order valence-corrected chi connectivity index (χ0v) is 8.47. The van der Waals surface area contributed by atoms with Crippen LogP contribution in [0.15, 0.2) is 36.4 Å². The molecule has 1 aromatic carbocycles. The molecule has 0 atom stereocenters. The maximum absolute atomic E-state index is 10.2. The molecule has 2 aromatic rings. The van der Waals surface area contributed by atoms with Gasteiger partial charge < -0.3 is 0 Å². The number of benzene rings is 1. The third-order valence-electron chi connectivity index (χ3n) is 2.22. The van der Waals surface area contributed by atoms with Gasteiger partial charge in [0.25, 0.3) is 0 Å². The van der Waals surface area contributed by atoms with E-state index in [1.165, 1.54) is 6.08 Å². The van der Waals surface area contributed by atoms with E-state index in [0.29, 0.717) is 0 Å². The number of aromatic nitrogens is 1. The molecule has 2 rings (SSSR count). The van der Waals surface area contributed by atoms with Crippen LogP contribution in [0, 0.1) is 6.92 Å². The second kappa shape index (κ2) is 4.05. The normalized spacial score (nSPS) is 11.0. The summed E-state index contributed by atoms with van der Waals surface area (Å²) < 4.78 is 0. The fourth-order valence-corrected chi connectivity index (χ4v) is 1.50. The van der Waals surface area contributed by atoms with Gasteiger partial charge in [0.05, 0.1) is 5.52 Å². The molecule has 0 bridgehead atoms. The highest BCUT2D eigenvalue weighted by Gasteiger charge is 1.95. The number of hydrogen-bond donors (Lipinski definition) is 0. The molecule has 2 nitrogen and oxygen atoms in total. The van der Waals surface area contributed by atoms with E-state index in [9.17, 15) is 4.79 Å². The molecule has 0 amide bonds. The molecule has 0 saturated carbocycles. The number of aryl methyl sites for hydroxylation is 1. The number of fused-ring (bicyclic) bond motifs is 1. The van der Waals surface area contributed by atoms with Crippen LogP contribution in [0.1, 0.15) is 11.3 Å². The Hall–Kier alpha value is -1.96. The van der Waals surface area contributed by atoms with Crippen molar-refractivity contribution in [1.29, 1.82) is 0 Å². The van der Waals surface area contributed by atoms with Crippen LogP contribution in [0.4, 0.5) is 0 Å². The van der Waals surface area contributed by atoms with E-state index in [1.54, 1.807) is 6.08 Å². The highest BCUT2D eigenvalue weighted by molar-refractivity contribution is 5.83. The van der Waals surface area contributed by atoms with Gasteiger partial charge in [0.2, 0.25) is 0 Å². The topological polar surface area (TPSA) is 30.0 Å². The van der Waals surface area contributed by atoms with Gasteiger partial charge in [0.1, 0.15) is 6.29 Å². The number of rotatable bonds is 2. The Kier molecular flexibility index (Phi) is 2.59. The van der Waals surface area contributed by atoms with E-state index in [4.69, 9.17) is 0 Å². The van der Waals surface area contributed by atoms with Crippen molar-refractivity contribution in [2.24, 2.45) is 0 Å². The van der Waals surface area contributed by atoms with E-state index in [1.807, 2.05) is 37.3 Å². The zero-order valence-electron chi connectivity index (χ0n) is 8.47. The molecule has 0 unspecified atom stereocenters. The van der Waals surface area contributed by atoms with E-state index < -0.39 is 0 Å². The lowest BCUT2D eigenvalue weighted by Crippen LogP contribution is -1.83. The first-order valence-electron chi connectivity index (χ1n) is 4.79. The largest absolute Gasteiger partial charge is 0.299 e. The second-order valence-corrected chi connectivity index (χ2v) is 3.40. The molecule has 0 spiro atoms. The van der Waals surface area contributed by atoms with E-state index in [-0.39, 0.29) is 0 Å². The Balaban J connectivity index is 2.52. The summed E-state index contributed by atoms with van der Waals surface area (Å²) in [6.07, 6.45) is 4.05. The van der Waals surface area contributed by atoms with Crippen molar-refractivity contribution in [3.8, 4) is 0 Å². The zero-order chi connectivity index (χ0) is 10.7. The van der Waals surface area contributed by atoms with Crippen molar-refractivity contribution >= 4 is 23.3 Å². The number of carbonyl (C=O) groups excluding carboxylic acids is 1. The molecule has 1 aromatic heterocycles. The second-order valence-electron chi connectivity index (χ2n) is 3.40. The van der Waals surface area contributed by atoms with Crippen molar-refractivity contribution in [1.82, 2.24) is 4.98 Å². The van der Waals surface area contributed by atoms with Crippen molar-refractivity contribution in [2.45, 2.75) is 6.92 Å². The lowest BCUT2D eigenvalue weighted by atomic mass is 10.1. The van der Waals surface area contributed by atoms with Crippen molar-refractivity contribution < 1.29 is 4.79 Å². The van der Waals surface area contributed by atoms with Crippen LogP contribution in [0.3, 0.4) is 0 Å². The summed E-state index contributed by atoms with van der Waals surface area (Å²) in [5, 5.41) is 1.09. The van der Waals surface area contributed by atoms with Gasteiger partial charge >= 0.3 is 0 Å². The van der Waals surface area contributed by atoms with Crippen molar-refractivity contribution in [2.75, 3.05) is 0 Å². The number of allylic oxidation sites excluding steroid dienone is 1. The summed E-state index contributed by atoms with van der Waals surface area (Å²) in [6, 6.07) is 9.95. The minimum atomic E-state index is 0.775. The summed E-state index contributed by atoms with van der Waals surface area (Å²) in [5.41, 5.74) is 3.01. The molecular weight excluding hydrogens is 186 g/mol. The lowest BCUT2D eigenvalue weighted by molar-refractivity contribution is -0.104. The van der Waals surface area contributed by atoms with Gasteiger partial charge in [-0.3, -0.25) is 9.78 Å². The first-order chi connectivity index (χ1) is 7.29. The minimum absolute atomic E-state index is 0.775. The Morgan fingerprint density at radius 2 is 2.07 bits per heavy atom. The van der Waals surface area contributed by atoms with Gasteiger partial charge in [-0.25, -0.2) is 0 Å². The molecule has 1 heterocycles. The number of aldehydes is 1. The Morgan fingerprint density at radius 1 is 1.20 bits per heavy atom. The predicted molar refractivity (Wildman–Crippen MR) is 61.6 cm³/mol. The van der Waals surface area contributed by atoms with Crippen LogP contribution in [0.2, 0.25) is 0 Å². The molecule has 0 saturated heterocycles. The molecule has 15 heavy (non-hydrogen) atoms. The van der Waals surface area contributed by atoms with E-state index in [0.717, 1.165) is 28.4 Å². The molecule has 0 aliphatic carbocycles. The highest BCUT2D eigenvalue weighted by Crippen LogP contribution is 2.15. The Morgan fingerprint density at radius 3 is 2.87 bits per heavy atom. The van der Waals surface area contributed by atoms with Crippen LogP contribution in [-0.2, 0) is 4.79 Å². The van der Waals surface area contributed by atoms with Gasteiger partial charge in [-0.05, 0) is 36.8 Å². The van der Waals surface area contributed by atoms with Crippen LogP contribution in [0.5, 0.6) is 0 Å².